The lowest BCUT2D eigenvalue weighted by Gasteiger charge is -2.26. The zero-order valence-electron chi connectivity index (χ0n) is 11.4. The van der Waals surface area contributed by atoms with E-state index in [1.807, 2.05) is 0 Å². The first-order valence-electron chi connectivity index (χ1n) is 6.80. The molecule has 1 aliphatic carbocycles. The van der Waals surface area contributed by atoms with Gasteiger partial charge in [-0.05, 0) is 37.5 Å². The molecule has 4 heteroatoms. The van der Waals surface area contributed by atoms with Gasteiger partial charge in [0.15, 0.2) is 0 Å². The topological polar surface area (TPSA) is 58.0 Å². The minimum Gasteiger partial charge on any atom is -0.396 e. The van der Waals surface area contributed by atoms with Gasteiger partial charge in [-0.2, -0.15) is 0 Å². The van der Waals surface area contributed by atoms with Crippen LogP contribution in [0.5, 0.6) is 0 Å². The summed E-state index contributed by atoms with van der Waals surface area (Å²) in [6, 6.07) is 0. The highest BCUT2D eigenvalue weighted by Gasteiger charge is 2.20. The predicted octanol–water partition coefficient (Wildman–Crippen LogP) is 2.18. The van der Waals surface area contributed by atoms with Crippen molar-refractivity contribution in [1.82, 2.24) is 9.97 Å². The minimum atomic E-state index is 0.0846. The van der Waals surface area contributed by atoms with Crippen molar-refractivity contribution >= 4 is 5.82 Å². The number of nitrogens with zero attached hydrogens (tertiary/aromatic N) is 2. The van der Waals surface area contributed by atoms with Crippen LogP contribution in [0, 0.1) is 5.41 Å². The van der Waals surface area contributed by atoms with Gasteiger partial charge in [-0.15, -0.1) is 0 Å². The largest absolute Gasteiger partial charge is 0.396 e. The van der Waals surface area contributed by atoms with E-state index in [0.717, 1.165) is 31.6 Å². The number of aryl methyl sites for hydroxylation is 1. The number of aliphatic hydroxyl groups excluding tert-OH is 1. The molecule has 1 aliphatic rings. The number of anilines is 1. The first-order valence-corrected chi connectivity index (χ1v) is 6.80. The number of rotatable bonds is 5. The fourth-order valence-electron chi connectivity index (χ4n) is 2.39. The van der Waals surface area contributed by atoms with Crippen LogP contribution < -0.4 is 5.32 Å². The SMILES string of the molecule is CC(C)(CCO)CNc1ncnc2c1CCCC2. The number of aliphatic hydroxyl groups is 1. The lowest BCUT2D eigenvalue weighted by molar-refractivity contribution is 0.220. The van der Waals surface area contributed by atoms with Crippen molar-refractivity contribution in [1.29, 1.82) is 0 Å². The molecule has 0 saturated carbocycles. The summed E-state index contributed by atoms with van der Waals surface area (Å²) in [5.74, 6) is 0.991. The Kier molecular flexibility index (Phi) is 4.17. The molecule has 2 N–H and O–H groups in total. The summed E-state index contributed by atoms with van der Waals surface area (Å²) in [7, 11) is 0. The van der Waals surface area contributed by atoms with E-state index in [9.17, 15) is 0 Å². The fourth-order valence-corrected chi connectivity index (χ4v) is 2.39. The molecule has 0 amide bonds. The zero-order valence-corrected chi connectivity index (χ0v) is 11.4. The molecule has 0 atom stereocenters. The molecule has 0 saturated heterocycles. The van der Waals surface area contributed by atoms with E-state index in [0.29, 0.717) is 0 Å². The Hall–Kier alpha value is -1.16. The van der Waals surface area contributed by atoms with Crippen LogP contribution in [0.3, 0.4) is 0 Å². The van der Waals surface area contributed by atoms with Crippen molar-refractivity contribution < 1.29 is 5.11 Å². The molecule has 2 rings (SSSR count). The molecule has 0 spiro atoms. The molecule has 0 aliphatic heterocycles. The van der Waals surface area contributed by atoms with Crippen LogP contribution in [-0.4, -0.2) is 28.2 Å². The first-order chi connectivity index (χ1) is 8.62. The normalized spacial score (nSPS) is 15.3. The van der Waals surface area contributed by atoms with Crippen molar-refractivity contribution in [3.63, 3.8) is 0 Å². The second-order valence-corrected chi connectivity index (χ2v) is 5.85. The standard InChI is InChI=1S/C14H23N3O/c1-14(2,7-8-18)9-15-13-11-5-3-4-6-12(11)16-10-17-13/h10,18H,3-9H2,1-2H3,(H,15,16,17). The van der Waals surface area contributed by atoms with Crippen LogP contribution in [0.15, 0.2) is 6.33 Å². The third-order valence-corrected chi connectivity index (χ3v) is 3.65. The molecular weight excluding hydrogens is 226 g/mol. The zero-order chi connectivity index (χ0) is 13.0. The molecule has 4 nitrogen and oxygen atoms in total. The van der Waals surface area contributed by atoms with Crippen LogP contribution in [0.4, 0.5) is 5.82 Å². The Labute approximate surface area is 109 Å². The quantitative estimate of drug-likeness (QED) is 0.839. The predicted molar refractivity (Wildman–Crippen MR) is 72.6 cm³/mol. The van der Waals surface area contributed by atoms with Gasteiger partial charge in [-0.1, -0.05) is 13.8 Å². The molecule has 0 aromatic carbocycles. The van der Waals surface area contributed by atoms with Gasteiger partial charge in [0.25, 0.3) is 0 Å². The van der Waals surface area contributed by atoms with Crippen molar-refractivity contribution in [2.75, 3.05) is 18.5 Å². The van der Waals surface area contributed by atoms with Crippen molar-refractivity contribution in [2.24, 2.45) is 5.41 Å². The molecule has 18 heavy (non-hydrogen) atoms. The lowest BCUT2D eigenvalue weighted by atomic mass is 9.89. The third kappa shape index (κ3) is 3.19. The van der Waals surface area contributed by atoms with Crippen LogP contribution in [0.1, 0.15) is 44.4 Å². The number of hydrogen-bond acceptors (Lipinski definition) is 4. The van der Waals surface area contributed by atoms with E-state index < -0.39 is 0 Å². The average molecular weight is 249 g/mol. The molecular formula is C14H23N3O. The summed E-state index contributed by atoms with van der Waals surface area (Å²) >= 11 is 0. The third-order valence-electron chi connectivity index (χ3n) is 3.65. The van der Waals surface area contributed by atoms with Crippen LogP contribution in [0.25, 0.3) is 0 Å². The molecule has 1 heterocycles. The highest BCUT2D eigenvalue weighted by Crippen LogP contribution is 2.26. The summed E-state index contributed by atoms with van der Waals surface area (Å²) in [4.78, 5) is 8.74. The highest BCUT2D eigenvalue weighted by molar-refractivity contribution is 5.47. The van der Waals surface area contributed by atoms with E-state index in [1.165, 1.54) is 24.1 Å². The summed E-state index contributed by atoms with van der Waals surface area (Å²) in [5, 5.41) is 12.5. The van der Waals surface area contributed by atoms with Crippen LogP contribution in [0.2, 0.25) is 0 Å². The Balaban J connectivity index is 2.05. The van der Waals surface area contributed by atoms with E-state index in [-0.39, 0.29) is 12.0 Å². The summed E-state index contributed by atoms with van der Waals surface area (Å²) in [6.45, 7) is 5.38. The average Bonchev–Trinajstić information content (AvgIpc) is 2.36. The molecule has 0 unspecified atom stereocenters. The van der Waals surface area contributed by atoms with Gasteiger partial charge in [0.2, 0.25) is 0 Å². The number of hydrogen-bond donors (Lipinski definition) is 2. The van der Waals surface area contributed by atoms with Gasteiger partial charge >= 0.3 is 0 Å². The van der Waals surface area contributed by atoms with Gasteiger partial charge in [-0.3, -0.25) is 0 Å². The fraction of sp³-hybridized carbons (Fsp3) is 0.714. The molecule has 1 aromatic heterocycles. The van der Waals surface area contributed by atoms with E-state index in [4.69, 9.17) is 5.11 Å². The van der Waals surface area contributed by atoms with Crippen LogP contribution >= 0.6 is 0 Å². The Morgan fingerprint density at radius 1 is 1.28 bits per heavy atom. The molecule has 0 bridgehead atoms. The number of aromatic nitrogens is 2. The second kappa shape index (κ2) is 5.65. The van der Waals surface area contributed by atoms with E-state index in [1.54, 1.807) is 6.33 Å². The Bertz CT molecular complexity index is 404. The van der Waals surface area contributed by atoms with Crippen molar-refractivity contribution in [2.45, 2.75) is 46.0 Å². The van der Waals surface area contributed by atoms with Gasteiger partial charge < -0.3 is 10.4 Å². The molecule has 100 valence electrons. The second-order valence-electron chi connectivity index (χ2n) is 5.85. The highest BCUT2D eigenvalue weighted by atomic mass is 16.3. The minimum absolute atomic E-state index is 0.0846. The van der Waals surface area contributed by atoms with Crippen molar-refractivity contribution in [3.8, 4) is 0 Å². The molecule has 1 aromatic rings. The maximum absolute atomic E-state index is 9.04. The van der Waals surface area contributed by atoms with Gasteiger partial charge in [0.1, 0.15) is 12.1 Å². The van der Waals surface area contributed by atoms with E-state index in [2.05, 4.69) is 29.1 Å². The molecule has 0 fully saturated rings. The Morgan fingerprint density at radius 3 is 2.83 bits per heavy atom. The van der Waals surface area contributed by atoms with Crippen LogP contribution in [-0.2, 0) is 12.8 Å². The first kappa shape index (κ1) is 13.3. The summed E-state index contributed by atoms with van der Waals surface area (Å²) in [5.41, 5.74) is 2.59. The van der Waals surface area contributed by atoms with E-state index >= 15 is 0 Å². The van der Waals surface area contributed by atoms with Crippen molar-refractivity contribution in [3.05, 3.63) is 17.6 Å². The smallest absolute Gasteiger partial charge is 0.132 e. The monoisotopic (exact) mass is 249 g/mol. The lowest BCUT2D eigenvalue weighted by Crippen LogP contribution is -2.25. The summed E-state index contributed by atoms with van der Waals surface area (Å²) < 4.78 is 0. The Morgan fingerprint density at radius 2 is 2.06 bits per heavy atom. The number of fused-ring (bicyclic) bond motifs is 1. The summed E-state index contributed by atoms with van der Waals surface area (Å²) in [6.07, 6.45) is 7.08. The van der Waals surface area contributed by atoms with Gasteiger partial charge in [-0.25, -0.2) is 9.97 Å². The number of nitrogens with one attached hydrogen (secondary N) is 1. The van der Waals surface area contributed by atoms with Gasteiger partial charge in [0, 0.05) is 24.4 Å². The van der Waals surface area contributed by atoms with Gasteiger partial charge in [0.05, 0.1) is 0 Å². The maximum atomic E-state index is 9.04. The molecule has 0 radical (unpaired) electrons. The maximum Gasteiger partial charge on any atom is 0.132 e.